The van der Waals surface area contributed by atoms with E-state index in [4.69, 9.17) is 14.9 Å². The molecule has 0 saturated heterocycles. The van der Waals surface area contributed by atoms with Crippen LogP contribution in [0.1, 0.15) is 20.7 Å². The summed E-state index contributed by atoms with van der Waals surface area (Å²) in [6.07, 6.45) is -2.45. The van der Waals surface area contributed by atoms with Gasteiger partial charge in [0, 0.05) is 6.21 Å². The smallest absolute Gasteiger partial charge is 0.338 e. The molecule has 3 atom stereocenters. The Bertz CT molecular complexity index is 742. The molecule has 0 saturated carbocycles. The summed E-state index contributed by atoms with van der Waals surface area (Å²) in [7, 11) is 0. The average Bonchev–Trinajstić information content (AvgIpc) is 2.70. The lowest BCUT2D eigenvalue weighted by Crippen LogP contribution is -2.38. The third kappa shape index (κ3) is 5.49. The first-order valence-electron chi connectivity index (χ1n) is 7.80. The minimum Gasteiger partial charge on any atom is -0.461 e. The highest BCUT2D eigenvalue weighted by molar-refractivity contribution is 9.09. The molecule has 0 aliphatic heterocycles. The lowest BCUT2D eigenvalue weighted by Gasteiger charge is -2.21. The molecule has 0 radical (unpaired) electrons. The monoisotopic (exact) mass is 421 g/mol. The van der Waals surface area contributed by atoms with Crippen molar-refractivity contribution in [1.82, 2.24) is 0 Å². The van der Waals surface area contributed by atoms with E-state index >= 15 is 0 Å². The van der Waals surface area contributed by atoms with E-state index in [0.29, 0.717) is 11.8 Å². The van der Waals surface area contributed by atoms with Crippen LogP contribution in [0.15, 0.2) is 60.7 Å². The van der Waals surface area contributed by atoms with Crippen molar-refractivity contribution in [1.29, 1.82) is 5.41 Å². The molecule has 2 aromatic rings. The zero-order valence-electron chi connectivity index (χ0n) is 13.7. The SMILES string of the molecule is N=C[C@H](OC(=O)c1ccccc1)[C@H](F)[C@@H](Br)COC(=O)c1ccccc1. The Kier molecular flexibility index (Phi) is 7.47. The number of esters is 2. The lowest BCUT2D eigenvalue weighted by atomic mass is 10.1. The molecular formula is C19H17BrFNO4. The second kappa shape index (κ2) is 9.82. The molecule has 0 spiro atoms. The van der Waals surface area contributed by atoms with Crippen LogP contribution in [0.2, 0.25) is 0 Å². The fourth-order valence-corrected chi connectivity index (χ4v) is 2.50. The van der Waals surface area contributed by atoms with Crippen molar-refractivity contribution in [3.63, 3.8) is 0 Å². The summed E-state index contributed by atoms with van der Waals surface area (Å²) in [6.45, 7) is -0.276. The summed E-state index contributed by atoms with van der Waals surface area (Å²) in [6, 6.07) is 16.4. The molecule has 5 nitrogen and oxygen atoms in total. The van der Waals surface area contributed by atoms with Crippen LogP contribution < -0.4 is 0 Å². The van der Waals surface area contributed by atoms with Crippen molar-refractivity contribution in [2.24, 2.45) is 0 Å². The van der Waals surface area contributed by atoms with Gasteiger partial charge in [0.1, 0.15) is 6.61 Å². The number of benzene rings is 2. The topological polar surface area (TPSA) is 76.4 Å². The summed E-state index contributed by atoms with van der Waals surface area (Å²) in [5, 5.41) is 7.32. The van der Waals surface area contributed by atoms with E-state index in [-0.39, 0.29) is 12.2 Å². The molecule has 0 unspecified atom stereocenters. The molecular weight excluding hydrogens is 405 g/mol. The van der Waals surface area contributed by atoms with Gasteiger partial charge in [0.05, 0.1) is 16.0 Å². The van der Waals surface area contributed by atoms with Crippen LogP contribution in [0, 0.1) is 5.41 Å². The highest BCUT2D eigenvalue weighted by Crippen LogP contribution is 2.18. The lowest BCUT2D eigenvalue weighted by molar-refractivity contribution is 0.0209. The number of carbonyl (C=O) groups excluding carboxylic acids is 2. The molecule has 0 heterocycles. The number of carbonyl (C=O) groups is 2. The molecule has 1 N–H and O–H groups in total. The first kappa shape index (κ1) is 19.8. The van der Waals surface area contributed by atoms with Gasteiger partial charge in [-0.2, -0.15) is 0 Å². The fraction of sp³-hybridized carbons (Fsp3) is 0.211. The van der Waals surface area contributed by atoms with Crippen molar-refractivity contribution in [2.45, 2.75) is 17.1 Å². The molecule has 0 fully saturated rings. The van der Waals surface area contributed by atoms with E-state index in [2.05, 4.69) is 15.9 Å². The van der Waals surface area contributed by atoms with Crippen LogP contribution >= 0.6 is 15.9 Å². The van der Waals surface area contributed by atoms with Crippen LogP contribution in [-0.2, 0) is 9.47 Å². The third-order valence-corrected chi connectivity index (χ3v) is 4.23. The van der Waals surface area contributed by atoms with Crippen LogP contribution in [-0.4, -0.2) is 41.9 Å². The molecule has 0 amide bonds. The second-order valence-corrected chi connectivity index (χ2v) is 6.50. The predicted octanol–water partition coefficient (Wildman–Crippen LogP) is 3.82. The summed E-state index contributed by atoms with van der Waals surface area (Å²) >= 11 is 3.09. The van der Waals surface area contributed by atoms with Gasteiger partial charge < -0.3 is 14.9 Å². The largest absolute Gasteiger partial charge is 0.461 e. The van der Waals surface area contributed by atoms with E-state index in [1.807, 2.05) is 0 Å². The summed E-state index contributed by atoms with van der Waals surface area (Å²) in [5.74, 6) is -1.32. The number of hydrogen-bond acceptors (Lipinski definition) is 5. The second-order valence-electron chi connectivity index (χ2n) is 5.33. The Morgan fingerprint density at radius 1 is 1.00 bits per heavy atom. The van der Waals surface area contributed by atoms with Crippen LogP contribution in [0.4, 0.5) is 4.39 Å². The molecule has 0 aromatic heterocycles. The summed E-state index contributed by atoms with van der Waals surface area (Å²) < 4.78 is 24.6. The van der Waals surface area contributed by atoms with E-state index in [0.717, 1.165) is 0 Å². The van der Waals surface area contributed by atoms with Crippen molar-refractivity contribution >= 4 is 34.1 Å². The number of hydrogen-bond donors (Lipinski definition) is 1. The highest BCUT2D eigenvalue weighted by atomic mass is 79.9. The Labute approximate surface area is 158 Å². The molecule has 136 valence electrons. The molecule has 0 aliphatic carbocycles. The molecule has 0 aliphatic rings. The number of rotatable bonds is 8. The van der Waals surface area contributed by atoms with Gasteiger partial charge in [-0.25, -0.2) is 14.0 Å². The van der Waals surface area contributed by atoms with Crippen LogP contribution in [0.3, 0.4) is 0 Å². The molecule has 26 heavy (non-hydrogen) atoms. The van der Waals surface area contributed by atoms with Gasteiger partial charge in [0.25, 0.3) is 0 Å². The van der Waals surface area contributed by atoms with Gasteiger partial charge in [-0.15, -0.1) is 0 Å². The standard InChI is InChI=1S/C19H17BrFNO4/c20-15(12-25-18(23)13-7-3-1-4-8-13)17(21)16(11-22)26-19(24)14-9-5-2-6-10-14/h1-11,15-17,22H,12H2/t15-,16-,17+/m0/s1. The van der Waals surface area contributed by atoms with E-state index in [1.165, 1.54) is 12.1 Å². The quantitative estimate of drug-likeness (QED) is 0.399. The zero-order chi connectivity index (χ0) is 18.9. The maximum atomic E-state index is 14.5. The molecule has 2 aromatic carbocycles. The maximum absolute atomic E-state index is 14.5. The van der Waals surface area contributed by atoms with Crippen molar-refractivity contribution in [2.75, 3.05) is 6.61 Å². The van der Waals surface area contributed by atoms with Crippen molar-refractivity contribution in [3.8, 4) is 0 Å². The van der Waals surface area contributed by atoms with Gasteiger partial charge in [-0.1, -0.05) is 52.3 Å². The van der Waals surface area contributed by atoms with E-state index in [9.17, 15) is 14.0 Å². The van der Waals surface area contributed by atoms with Crippen molar-refractivity contribution in [3.05, 3.63) is 71.8 Å². The van der Waals surface area contributed by atoms with Crippen LogP contribution in [0.5, 0.6) is 0 Å². The molecule has 7 heteroatoms. The minimum atomic E-state index is -1.76. The Morgan fingerprint density at radius 2 is 1.50 bits per heavy atom. The third-order valence-electron chi connectivity index (χ3n) is 3.46. The molecule has 0 bridgehead atoms. The van der Waals surface area contributed by atoms with Gasteiger partial charge in [-0.3, -0.25) is 0 Å². The molecule has 2 rings (SSSR count). The number of nitrogens with one attached hydrogen (secondary N) is 1. The number of halogens is 2. The van der Waals surface area contributed by atoms with Crippen LogP contribution in [0.25, 0.3) is 0 Å². The first-order valence-corrected chi connectivity index (χ1v) is 8.71. The van der Waals surface area contributed by atoms with Crippen molar-refractivity contribution < 1.29 is 23.5 Å². The maximum Gasteiger partial charge on any atom is 0.338 e. The predicted molar refractivity (Wildman–Crippen MR) is 98.8 cm³/mol. The van der Waals surface area contributed by atoms with E-state index in [1.54, 1.807) is 48.5 Å². The van der Waals surface area contributed by atoms with Gasteiger partial charge in [0.2, 0.25) is 0 Å². The Morgan fingerprint density at radius 3 is 2.00 bits per heavy atom. The van der Waals surface area contributed by atoms with Gasteiger partial charge >= 0.3 is 11.9 Å². The Hall–Kier alpha value is -2.54. The van der Waals surface area contributed by atoms with E-state index < -0.39 is 29.0 Å². The van der Waals surface area contributed by atoms with Gasteiger partial charge in [0.15, 0.2) is 12.3 Å². The van der Waals surface area contributed by atoms with Gasteiger partial charge in [-0.05, 0) is 24.3 Å². The normalized spacial score (nSPS) is 13.9. The summed E-state index contributed by atoms with van der Waals surface area (Å²) in [5.41, 5.74) is 0.606. The Balaban J connectivity index is 1.90. The number of ether oxygens (including phenoxy) is 2. The zero-order valence-corrected chi connectivity index (χ0v) is 15.3. The fourth-order valence-electron chi connectivity index (χ4n) is 2.07. The minimum absolute atomic E-state index is 0.258. The number of alkyl halides is 2. The highest BCUT2D eigenvalue weighted by Gasteiger charge is 2.31. The average molecular weight is 422 g/mol. The first-order chi connectivity index (χ1) is 12.5. The summed E-state index contributed by atoms with van der Waals surface area (Å²) in [4.78, 5) is 22.9.